The van der Waals surface area contributed by atoms with Crippen molar-refractivity contribution in [3.05, 3.63) is 53.3 Å². The Morgan fingerprint density at radius 1 is 1.06 bits per heavy atom. The monoisotopic (exact) mass is 530 g/mol. The standard InChI is InChI=1S/C26H31ClN4O4S/c1-26(2,36(34,35)22-7-5-18-12-20(27)6-4-19(18)13-22)14-24(32)29-10-8-21(9-11-29)31-17-30-16-28(3)15-23(30)25(31)33/h4-7,12-13,15,21H,8-11,14,16-17H2,1-3H3. The van der Waals surface area contributed by atoms with Gasteiger partial charge in [0.2, 0.25) is 5.91 Å². The molecule has 2 saturated heterocycles. The SMILES string of the molecule is CN1C=C2C(=O)N(C3CCN(C(=O)CC(C)(C)S(=O)(=O)c4ccc5cc(Cl)ccc5c4)CC3)CN2C1. The van der Waals surface area contributed by atoms with Crippen LogP contribution in [0.2, 0.25) is 5.02 Å². The van der Waals surface area contributed by atoms with E-state index in [1.165, 1.54) is 0 Å². The highest BCUT2D eigenvalue weighted by Crippen LogP contribution is 2.33. The molecule has 0 aromatic heterocycles. The Labute approximate surface area is 217 Å². The molecule has 3 aliphatic heterocycles. The number of hydrogen-bond acceptors (Lipinski definition) is 6. The van der Waals surface area contributed by atoms with Crippen LogP contribution in [0, 0.1) is 0 Å². The quantitative estimate of drug-likeness (QED) is 0.590. The van der Waals surface area contributed by atoms with Gasteiger partial charge >= 0.3 is 0 Å². The summed E-state index contributed by atoms with van der Waals surface area (Å²) in [6.07, 6.45) is 3.16. The molecule has 0 aliphatic carbocycles. The molecule has 0 spiro atoms. The Balaban J connectivity index is 1.23. The van der Waals surface area contributed by atoms with E-state index in [-0.39, 0.29) is 29.2 Å². The molecule has 0 bridgehead atoms. The first-order chi connectivity index (χ1) is 17.0. The number of nitrogens with zero attached hydrogens (tertiary/aromatic N) is 4. The number of carbonyl (C=O) groups is 2. The fraction of sp³-hybridized carbons (Fsp3) is 0.462. The zero-order valence-corrected chi connectivity index (χ0v) is 22.3. The predicted molar refractivity (Wildman–Crippen MR) is 139 cm³/mol. The maximum atomic E-state index is 13.5. The zero-order chi connectivity index (χ0) is 25.8. The van der Waals surface area contributed by atoms with Crippen molar-refractivity contribution >= 4 is 44.0 Å². The molecule has 0 N–H and O–H groups in total. The van der Waals surface area contributed by atoms with Gasteiger partial charge in [0.05, 0.1) is 23.0 Å². The van der Waals surface area contributed by atoms with Crippen LogP contribution in [0.4, 0.5) is 0 Å². The molecule has 0 atom stereocenters. The average molecular weight is 531 g/mol. The maximum Gasteiger partial charge on any atom is 0.273 e. The summed E-state index contributed by atoms with van der Waals surface area (Å²) in [5.74, 6) is -0.124. The lowest BCUT2D eigenvalue weighted by atomic mass is 10.0. The van der Waals surface area contributed by atoms with E-state index >= 15 is 0 Å². The third kappa shape index (κ3) is 4.32. The predicted octanol–water partition coefficient (Wildman–Crippen LogP) is 3.27. The van der Waals surface area contributed by atoms with Gasteiger partial charge in [0.25, 0.3) is 5.91 Å². The largest absolute Gasteiger partial charge is 0.361 e. The van der Waals surface area contributed by atoms with Crippen LogP contribution in [-0.2, 0) is 19.4 Å². The fourth-order valence-corrected chi connectivity index (χ4v) is 7.00. The molecule has 0 unspecified atom stereocenters. The third-order valence-corrected chi connectivity index (χ3v) is 10.2. The number of amides is 2. The van der Waals surface area contributed by atoms with E-state index in [1.54, 1.807) is 55.1 Å². The third-order valence-electron chi connectivity index (χ3n) is 7.53. The van der Waals surface area contributed by atoms with E-state index in [1.807, 2.05) is 23.0 Å². The fourth-order valence-electron chi connectivity index (χ4n) is 5.34. The molecule has 10 heteroatoms. The number of rotatable bonds is 5. The summed E-state index contributed by atoms with van der Waals surface area (Å²) in [6, 6.07) is 10.4. The Hall–Kier alpha value is -2.78. The van der Waals surface area contributed by atoms with Crippen molar-refractivity contribution in [3.8, 4) is 0 Å². The lowest BCUT2D eigenvalue weighted by molar-refractivity contribution is -0.134. The molecular formula is C26H31ClN4O4S. The maximum absolute atomic E-state index is 13.5. The van der Waals surface area contributed by atoms with Crippen LogP contribution < -0.4 is 0 Å². The highest BCUT2D eigenvalue weighted by molar-refractivity contribution is 7.92. The summed E-state index contributed by atoms with van der Waals surface area (Å²) >= 11 is 6.05. The van der Waals surface area contributed by atoms with Crippen molar-refractivity contribution in [3.63, 3.8) is 0 Å². The van der Waals surface area contributed by atoms with Gasteiger partial charge in [-0.3, -0.25) is 9.59 Å². The summed E-state index contributed by atoms with van der Waals surface area (Å²) in [5.41, 5.74) is 0.736. The second-order valence-corrected chi connectivity index (χ2v) is 13.6. The number of benzene rings is 2. The van der Waals surface area contributed by atoms with Gasteiger partial charge in [0.15, 0.2) is 9.84 Å². The van der Waals surface area contributed by atoms with E-state index in [4.69, 9.17) is 11.6 Å². The number of carbonyl (C=O) groups excluding carboxylic acids is 2. The molecular weight excluding hydrogens is 500 g/mol. The molecule has 3 aliphatic rings. The van der Waals surface area contributed by atoms with Gasteiger partial charge in [-0.2, -0.15) is 0 Å². The van der Waals surface area contributed by atoms with Crippen LogP contribution in [0.15, 0.2) is 53.2 Å². The molecule has 2 amide bonds. The van der Waals surface area contributed by atoms with Crippen LogP contribution >= 0.6 is 11.6 Å². The molecule has 2 aromatic rings. The Morgan fingerprint density at radius 2 is 1.72 bits per heavy atom. The number of hydrogen-bond donors (Lipinski definition) is 0. The first kappa shape index (κ1) is 24.9. The molecule has 0 saturated carbocycles. The van der Waals surface area contributed by atoms with Crippen molar-refractivity contribution in [2.75, 3.05) is 33.5 Å². The molecule has 2 fully saturated rings. The van der Waals surface area contributed by atoms with Gasteiger partial charge in [0, 0.05) is 43.8 Å². The highest BCUT2D eigenvalue weighted by Gasteiger charge is 2.42. The summed E-state index contributed by atoms with van der Waals surface area (Å²) in [4.78, 5) is 33.9. The van der Waals surface area contributed by atoms with Crippen LogP contribution in [0.1, 0.15) is 33.1 Å². The van der Waals surface area contributed by atoms with Crippen molar-refractivity contribution in [1.29, 1.82) is 0 Å². The first-order valence-corrected chi connectivity index (χ1v) is 14.0. The van der Waals surface area contributed by atoms with Crippen LogP contribution in [0.3, 0.4) is 0 Å². The van der Waals surface area contributed by atoms with Gasteiger partial charge < -0.3 is 19.6 Å². The highest BCUT2D eigenvalue weighted by atomic mass is 35.5. The normalized spacial score (nSPS) is 19.3. The lowest BCUT2D eigenvalue weighted by Crippen LogP contribution is -2.49. The van der Waals surface area contributed by atoms with E-state index in [0.29, 0.717) is 44.3 Å². The Bertz CT molecular complexity index is 1370. The van der Waals surface area contributed by atoms with Crippen LogP contribution in [0.5, 0.6) is 0 Å². The Kier molecular flexibility index (Phi) is 6.19. The minimum Gasteiger partial charge on any atom is -0.361 e. The topological polar surface area (TPSA) is 81.2 Å². The molecule has 3 heterocycles. The van der Waals surface area contributed by atoms with Crippen molar-refractivity contribution in [2.45, 2.75) is 48.8 Å². The molecule has 2 aromatic carbocycles. The van der Waals surface area contributed by atoms with Gasteiger partial charge in [-0.05, 0) is 61.7 Å². The number of likely N-dealkylation sites (tertiary alicyclic amines) is 1. The lowest BCUT2D eigenvalue weighted by Gasteiger charge is -2.37. The molecule has 5 rings (SSSR count). The Morgan fingerprint density at radius 3 is 2.42 bits per heavy atom. The van der Waals surface area contributed by atoms with Gasteiger partial charge in [0.1, 0.15) is 5.70 Å². The van der Waals surface area contributed by atoms with Crippen LogP contribution in [0.25, 0.3) is 10.8 Å². The van der Waals surface area contributed by atoms with Gasteiger partial charge in [-0.25, -0.2) is 8.42 Å². The first-order valence-electron chi connectivity index (χ1n) is 12.2. The van der Waals surface area contributed by atoms with Crippen LogP contribution in [-0.4, -0.2) is 84.1 Å². The zero-order valence-electron chi connectivity index (χ0n) is 20.8. The minimum absolute atomic E-state index is 0.0500. The second-order valence-electron chi connectivity index (χ2n) is 10.6. The van der Waals surface area contributed by atoms with E-state index in [2.05, 4.69) is 4.90 Å². The average Bonchev–Trinajstić information content (AvgIpc) is 3.35. The van der Waals surface area contributed by atoms with Gasteiger partial charge in [-0.15, -0.1) is 0 Å². The molecule has 36 heavy (non-hydrogen) atoms. The number of fused-ring (bicyclic) bond motifs is 2. The second kappa shape index (κ2) is 8.95. The number of sulfone groups is 1. The number of halogens is 1. The van der Waals surface area contributed by atoms with Crippen molar-refractivity contribution < 1.29 is 18.0 Å². The summed E-state index contributed by atoms with van der Waals surface area (Å²) < 4.78 is 25.7. The summed E-state index contributed by atoms with van der Waals surface area (Å²) in [7, 11) is -1.82. The van der Waals surface area contributed by atoms with E-state index in [9.17, 15) is 18.0 Å². The smallest absolute Gasteiger partial charge is 0.273 e. The van der Waals surface area contributed by atoms with E-state index in [0.717, 1.165) is 16.5 Å². The molecule has 0 radical (unpaired) electrons. The van der Waals surface area contributed by atoms with Crippen molar-refractivity contribution in [2.24, 2.45) is 0 Å². The summed E-state index contributed by atoms with van der Waals surface area (Å²) in [6.45, 7) is 5.54. The van der Waals surface area contributed by atoms with Gasteiger partial charge in [-0.1, -0.05) is 23.7 Å². The minimum atomic E-state index is -3.77. The molecule has 8 nitrogen and oxygen atoms in total. The summed E-state index contributed by atoms with van der Waals surface area (Å²) in [5, 5.41) is 2.23. The molecule has 192 valence electrons. The number of piperidine rings is 1. The van der Waals surface area contributed by atoms with Crippen molar-refractivity contribution in [1.82, 2.24) is 19.6 Å². The van der Waals surface area contributed by atoms with E-state index < -0.39 is 14.6 Å².